The molecule has 2 aromatic rings. The number of carbonyl (C=O) groups is 1. The van der Waals surface area contributed by atoms with Gasteiger partial charge >= 0.3 is 11.7 Å². The van der Waals surface area contributed by atoms with Crippen LogP contribution in [0.5, 0.6) is 0 Å². The lowest BCUT2D eigenvalue weighted by Gasteiger charge is -2.17. The van der Waals surface area contributed by atoms with Crippen LogP contribution >= 0.6 is 0 Å². The van der Waals surface area contributed by atoms with Crippen LogP contribution in [0, 0.1) is 17.0 Å². The summed E-state index contributed by atoms with van der Waals surface area (Å²) in [6.45, 7) is 1.20. The Kier molecular flexibility index (Phi) is 5.54. The molecule has 1 fully saturated rings. The van der Waals surface area contributed by atoms with E-state index in [1.165, 1.54) is 13.1 Å². The molecule has 0 amide bonds. The molecule has 1 aliphatic heterocycles. The van der Waals surface area contributed by atoms with Crippen LogP contribution in [0.2, 0.25) is 0 Å². The molecule has 2 heterocycles. The first-order valence-corrected chi connectivity index (χ1v) is 8.36. The van der Waals surface area contributed by atoms with E-state index in [1.54, 1.807) is 30.3 Å². The van der Waals surface area contributed by atoms with E-state index in [2.05, 4.69) is 9.82 Å². The minimum absolute atomic E-state index is 0.0417. The lowest BCUT2D eigenvalue weighted by atomic mass is 10.2. The van der Waals surface area contributed by atoms with Crippen LogP contribution in [-0.2, 0) is 14.3 Å². The number of esters is 1. The topological polar surface area (TPSA) is 143 Å². The Bertz CT molecular complexity index is 984. The van der Waals surface area contributed by atoms with Gasteiger partial charge in [0.2, 0.25) is 0 Å². The standard InChI is InChI=1S/C17H17N3O8/c1-10-8-19(17(23)18-15(10)21)14-7-12(28-20(24)25)13(27-14)9-26-16(22)11-5-3-2-4-6-11/h2-6,8,12-14H,7,9H2,1H3,(H,18,21,23)/t12-,13+,14+/m0/s1. The highest BCUT2D eigenvalue weighted by Gasteiger charge is 2.40. The Hall–Kier alpha value is -3.47. The van der Waals surface area contributed by atoms with Crippen LogP contribution in [0.3, 0.4) is 0 Å². The van der Waals surface area contributed by atoms with Gasteiger partial charge in [0.25, 0.3) is 10.6 Å². The fourth-order valence-electron chi connectivity index (χ4n) is 2.86. The molecule has 3 rings (SSSR count). The van der Waals surface area contributed by atoms with Gasteiger partial charge in [-0.1, -0.05) is 18.2 Å². The molecule has 11 nitrogen and oxygen atoms in total. The first-order chi connectivity index (χ1) is 13.3. The highest BCUT2D eigenvalue weighted by Crippen LogP contribution is 2.30. The molecule has 0 saturated carbocycles. The zero-order valence-electron chi connectivity index (χ0n) is 14.8. The van der Waals surface area contributed by atoms with E-state index in [4.69, 9.17) is 9.47 Å². The molecule has 28 heavy (non-hydrogen) atoms. The Balaban J connectivity index is 1.75. The quantitative estimate of drug-likeness (QED) is 0.428. The lowest BCUT2D eigenvalue weighted by Crippen LogP contribution is -2.33. The maximum Gasteiger partial charge on any atom is 0.338 e. The summed E-state index contributed by atoms with van der Waals surface area (Å²) in [6, 6.07) is 8.21. The van der Waals surface area contributed by atoms with E-state index in [0.29, 0.717) is 5.56 Å². The fourth-order valence-corrected chi connectivity index (χ4v) is 2.86. The zero-order valence-corrected chi connectivity index (χ0v) is 14.8. The largest absolute Gasteiger partial charge is 0.459 e. The van der Waals surface area contributed by atoms with Gasteiger partial charge in [0.15, 0.2) is 0 Å². The van der Waals surface area contributed by atoms with Gasteiger partial charge in [-0.05, 0) is 19.1 Å². The summed E-state index contributed by atoms with van der Waals surface area (Å²) in [6.07, 6.45) is -1.69. The lowest BCUT2D eigenvalue weighted by molar-refractivity contribution is -0.769. The Labute approximate surface area is 157 Å². The molecule has 0 radical (unpaired) electrons. The molecule has 148 valence electrons. The van der Waals surface area contributed by atoms with Crippen molar-refractivity contribution in [3.05, 3.63) is 78.6 Å². The number of hydrogen-bond acceptors (Lipinski definition) is 8. The highest BCUT2D eigenvalue weighted by molar-refractivity contribution is 5.89. The second kappa shape index (κ2) is 8.05. The van der Waals surface area contributed by atoms with Crippen molar-refractivity contribution in [2.75, 3.05) is 6.61 Å². The van der Waals surface area contributed by atoms with E-state index >= 15 is 0 Å². The van der Waals surface area contributed by atoms with Crippen molar-refractivity contribution in [1.29, 1.82) is 0 Å². The van der Waals surface area contributed by atoms with E-state index in [9.17, 15) is 24.5 Å². The van der Waals surface area contributed by atoms with Crippen molar-refractivity contribution in [3.8, 4) is 0 Å². The van der Waals surface area contributed by atoms with Gasteiger partial charge in [0.05, 0.1) is 5.56 Å². The number of hydrogen-bond donors (Lipinski definition) is 1. The van der Waals surface area contributed by atoms with Gasteiger partial charge in [-0.15, -0.1) is 10.1 Å². The van der Waals surface area contributed by atoms with Crippen molar-refractivity contribution in [3.63, 3.8) is 0 Å². The fraction of sp³-hybridized carbons (Fsp3) is 0.353. The van der Waals surface area contributed by atoms with Crippen molar-refractivity contribution < 1.29 is 24.2 Å². The predicted octanol–water partition coefficient (Wildman–Crippen LogP) is 0.566. The summed E-state index contributed by atoms with van der Waals surface area (Å²) in [4.78, 5) is 53.2. The summed E-state index contributed by atoms with van der Waals surface area (Å²) in [7, 11) is 0. The van der Waals surface area contributed by atoms with Gasteiger partial charge in [-0.3, -0.25) is 14.3 Å². The summed E-state index contributed by atoms with van der Waals surface area (Å²) < 4.78 is 11.9. The minimum Gasteiger partial charge on any atom is -0.459 e. The number of H-pyrrole nitrogens is 1. The molecule has 1 aliphatic rings. The van der Waals surface area contributed by atoms with Crippen molar-refractivity contribution in [2.24, 2.45) is 0 Å². The average Bonchev–Trinajstić information content (AvgIpc) is 3.05. The Morgan fingerprint density at radius 2 is 2.07 bits per heavy atom. The second-order valence-corrected chi connectivity index (χ2v) is 6.18. The summed E-state index contributed by atoms with van der Waals surface area (Å²) in [5, 5.41) is 9.80. The number of benzene rings is 1. The number of rotatable bonds is 6. The molecule has 0 aliphatic carbocycles. The van der Waals surface area contributed by atoms with Crippen LogP contribution in [0.25, 0.3) is 0 Å². The number of carbonyl (C=O) groups excluding carboxylic acids is 1. The molecule has 1 N–H and O–H groups in total. The maximum absolute atomic E-state index is 12.1. The van der Waals surface area contributed by atoms with Crippen LogP contribution in [0.15, 0.2) is 46.1 Å². The molecular formula is C17H17N3O8. The third kappa shape index (κ3) is 4.26. The molecule has 11 heteroatoms. The van der Waals surface area contributed by atoms with Gasteiger partial charge < -0.3 is 14.3 Å². The van der Waals surface area contributed by atoms with E-state index in [0.717, 1.165) is 4.57 Å². The first-order valence-electron chi connectivity index (χ1n) is 8.36. The number of ether oxygens (including phenoxy) is 2. The van der Waals surface area contributed by atoms with Gasteiger partial charge in [-0.25, -0.2) is 9.59 Å². The SMILES string of the molecule is Cc1cn([C@H]2C[C@H](O[N+](=O)[O-])[C@@H](COC(=O)c3ccccc3)O2)c(=O)[nH]c1=O. The maximum atomic E-state index is 12.1. The van der Waals surface area contributed by atoms with Crippen molar-refractivity contribution in [2.45, 2.75) is 31.8 Å². The van der Waals surface area contributed by atoms with E-state index in [-0.39, 0.29) is 18.6 Å². The van der Waals surface area contributed by atoms with Crippen LogP contribution in [0.4, 0.5) is 0 Å². The molecule has 1 aromatic carbocycles. The number of aryl methyl sites for hydroxylation is 1. The summed E-state index contributed by atoms with van der Waals surface area (Å²) in [5.41, 5.74) is -0.668. The van der Waals surface area contributed by atoms with E-state index in [1.807, 2.05) is 0 Å². The van der Waals surface area contributed by atoms with Crippen molar-refractivity contribution >= 4 is 5.97 Å². The minimum atomic E-state index is -1.05. The molecule has 3 atom stereocenters. The third-order valence-electron chi connectivity index (χ3n) is 4.25. The Morgan fingerprint density at radius 1 is 1.36 bits per heavy atom. The second-order valence-electron chi connectivity index (χ2n) is 6.18. The van der Waals surface area contributed by atoms with Crippen LogP contribution in [-0.4, -0.2) is 39.4 Å². The summed E-state index contributed by atoms with van der Waals surface area (Å²) >= 11 is 0. The van der Waals surface area contributed by atoms with Crippen LogP contribution < -0.4 is 11.2 Å². The molecule has 0 spiro atoms. The van der Waals surface area contributed by atoms with Gasteiger partial charge in [0, 0.05) is 18.2 Å². The summed E-state index contributed by atoms with van der Waals surface area (Å²) in [5.74, 6) is -0.621. The van der Waals surface area contributed by atoms with Crippen LogP contribution in [0.1, 0.15) is 28.6 Å². The smallest absolute Gasteiger partial charge is 0.338 e. The molecule has 1 aromatic heterocycles. The highest BCUT2D eigenvalue weighted by atomic mass is 17.0. The van der Waals surface area contributed by atoms with Gasteiger partial charge in [0.1, 0.15) is 25.0 Å². The molecule has 0 bridgehead atoms. The number of nitrogens with zero attached hydrogens (tertiary/aromatic N) is 2. The normalized spacial score (nSPS) is 21.2. The van der Waals surface area contributed by atoms with Gasteiger partial charge in [-0.2, -0.15) is 0 Å². The van der Waals surface area contributed by atoms with Crippen molar-refractivity contribution in [1.82, 2.24) is 9.55 Å². The number of aromatic amines is 1. The van der Waals surface area contributed by atoms with E-state index < -0.39 is 40.7 Å². The third-order valence-corrected chi connectivity index (χ3v) is 4.25. The monoisotopic (exact) mass is 391 g/mol. The number of aromatic nitrogens is 2. The zero-order chi connectivity index (χ0) is 20.3. The average molecular weight is 391 g/mol. The first kappa shape index (κ1) is 19.3. The molecule has 1 saturated heterocycles. The Morgan fingerprint density at radius 3 is 2.75 bits per heavy atom. The predicted molar refractivity (Wildman–Crippen MR) is 93.2 cm³/mol. The molecular weight excluding hydrogens is 374 g/mol. The number of nitrogens with one attached hydrogen (secondary N) is 1. The molecule has 0 unspecified atom stereocenters.